The fourth-order valence-corrected chi connectivity index (χ4v) is 25.9. The van der Waals surface area contributed by atoms with E-state index in [0.29, 0.717) is 0 Å². The molecule has 3 nitrogen and oxygen atoms in total. The number of hydrogen-bond donors (Lipinski definition) is 0. The molecule has 26 rings (SSSR count). The molecule has 694 valence electrons. The van der Waals surface area contributed by atoms with Crippen LogP contribution in [-0.2, 0) is 48.7 Å². The van der Waals surface area contributed by atoms with Crippen LogP contribution in [0.15, 0.2) is 419 Å². The van der Waals surface area contributed by atoms with Crippen molar-refractivity contribution in [3.8, 4) is 77.9 Å². The van der Waals surface area contributed by atoms with Crippen molar-refractivity contribution in [3.05, 3.63) is 485 Å². The van der Waals surface area contributed by atoms with Gasteiger partial charge >= 0.3 is 0 Å². The highest BCUT2D eigenvalue weighted by Gasteiger charge is 2.51. The highest BCUT2D eigenvalue weighted by molar-refractivity contribution is 6.11. The van der Waals surface area contributed by atoms with Crippen LogP contribution in [0.25, 0.3) is 121 Å². The van der Waals surface area contributed by atoms with Gasteiger partial charge in [-0.1, -0.05) is 440 Å². The van der Waals surface area contributed by atoms with E-state index in [0.717, 1.165) is 5.69 Å². The average Bonchev–Trinajstić information content (AvgIpc) is 1.56. The zero-order chi connectivity index (χ0) is 97.8. The molecule has 0 fully saturated rings. The molecule has 0 aliphatic heterocycles. The number of para-hydroxylation sites is 1. The number of benzene rings is 20. The number of nitrogens with zero attached hydrogens (tertiary/aromatic N) is 3. The van der Waals surface area contributed by atoms with Crippen molar-refractivity contribution in [2.75, 3.05) is 14.7 Å². The fraction of sp³-hybridized carbons (Fsp3) is 0.194. The molecule has 0 radical (unpaired) electrons. The molecule has 0 bridgehead atoms. The summed E-state index contributed by atoms with van der Waals surface area (Å²) in [5.41, 5.74) is 45.4. The van der Waals surface area contributed by atoms with Crippen LogP contribution in [0.2, 0.25) is 0 Å². The maximum absolute atomic E-state index is 2.51. The molecule has 0 heterocycles. The average molecular weight is 1840 g/mol. The first-order chi connectivity index (χ1) is 68.3. The van der Waals surface area contributed by atoms with Gasteiger partial charge in [0.1, 0.15) is 0 Å². The SMILES string of the molecule is CC1(C)c2cc(N(c3ccc4c(c3)C(C)(C)C(C)(C)c3ccccc3-4)c3ccc4ccccc4c3)ccc2-c2ccc3ccccc3c21.CC1(C)c2cc(N(c3ccccc3)c3ccc4c(c3)C(C)(C)C(C)(C)c3ccccc3-4)ccc2-c2ccc3ccccc3c21.CC1(C)c2ccccc2-c2c1cc(N(c1ccc(-c3ccccc3)cc1)c1ccc3c(c1)C(C)(C)C(C)(C)c1ccccc1-3)c1ccccc21. The number of fused-ring (bicyclic) bond motifs is 25. The zero-order valence-corrected chi connectivity index (χ0v) is 85.2. The van der Waals surface area contributed by atoms with E-state index in [2.05, 4.69) is 558 Å². The lowest BCUT2D eigenvalue weighted by Crippen LogP contribution is -2.43. The molecule has 0 saturated carbocycles. The van der Waals surface area contributed by atoms with Crippen LogP contribution in [0, 0.1) is 0 Å². The van der Waals surface area contributed by atoms with Gasteiger partial charge in [-0.05, 0) is 318 Å². The summed E-state index contributed by atoms with van der Waals surface area (Å²) in [6.45, 7) is 43.3. The number of anilines is 9. The van der Waals surface area contributed by atoms with Crippen LogP contribution in [-0.4, -0.2) is 0 Å². The first-order valence-corrected chi connectivity index (χ1v) is 51.1. The Morgan fingerprint density at radius 1 is 0.148 bits per heavy atom. The van der Waals surface area contributed by atoms with Crippen molar-refractivity contribution in [1.29, 1.82) is 0 Å². The summed E-state index contributed by atoms with van der Waals surface area (Å²) < 4.78 is 0. The van der Waals surface area contributed by atoms with Crippen molar-refractivity contribution >= 4 is 94.3 Å². The summed E-state index contributed by atoms with van der Waals surface area (Å²) in [6, 6.07) is 156. The molecular formula is C139H123N3. The third-order valence-electron chi connectivity index (χ3n) is 35.8. The van der Waals surface area contributed by atoms with E-state index in [4.69, 9.17) is 0 Å². The third kappa shape index (κ3) is 13.4. The quantitative estimate of drug-likeness (QED) is 0.135. The summed E-state index contributed by atoms with van der Waals surface area (Å²) in [5, 5.41) is 10.4. The summed E-state index contributed by atoms with van der Waals surface area (Å²) in [7, 11) is 0. The van der Waals surface area contributed by atoms with E-state index in [1.165, 1.54) is 233 Å². The largest absolute Gasteiger partial charge is 0.310 e. The van der Waals surface area contributed by atoms with Gasteiger partial charge < -0.3 is 14.7 Å². The molecular weight excluding hydrogens is 1710 g/mol. The highest BCUT2D eigenvalue weighted by Crippen LogP contribution is 2.63. The molecule has 20 aromatic rings. The standard InChI is InChI=1S/C49H43N.C47H41N.C43H39N/c1-47(2)41-22-14-13-21-40(41)46-39-20-11-10-19-38(39)45(31-44(46)47)50(34-26-24-33(25-27-34)32-16-8-7-9-17-32)35-28-29-37-36-18-12-15-23-42(36)48(3,4)49(5,6)43(37)30-35;1-45(2)42-28-34(23-26-39(42)40-24-20-31-14-9-10-16-36(31)44(40)45)48(33-21-19-30-13-7-8-15-32(30)27-33)35-22-25-38-37-17-11-12-18-41(37)46(3,4)47(5,6)43(38)29-35;1-41(2)38-26-30(22-25-35(38)36-23-20-28-14-10-11-17-32(28)40(36)41)44(29-15-8-7-9-16-29)31-21-24-34-33-18-12-13-19-37(33)42(3,4)43(5,6)39(34)27-31/h7-31H,1-6H3;7-29H,1-6H3;7-27H,1-6H3. The van der Waals surface area contributed by atoms with Crippen LogP contribution >= 0.6 is 0 Å². The van der Waals surface area contributed by atoms with Gasteiger partial charge in [-0.15, -0.1) is 0 Å². The molecule has 6 aliphatic rings. The first kappa shape index (κ1) is 89.5. The predicted molar refractivity (Wildman–Crippen MR) is 606 cm³/mol. The smallest absolute Gasteiger partial charge is 0.0543 e. The lowest BCUT2D eigenvalue weighted by Gasteiger charge is -2.48. The molecule has 6 aliphatic carbocycles. The summed E-state index contributed by atoms with van der Waals surface area (Å²) in [6.07, 6.45) is 0. The van der Waals surface area contributed by atoms with Gasteiger partial charge in [-0.2, -0.15) is 0 Å². The van der Waals surface area contributed by atoms with Crippen LogP contribution < -0.4 is 14.7 Å². The second-order valence-electron chi connectivity index (χ2n) is 45.5. The maximum atomic E-state index is 2.51. The Balaban J connectivity index is 0.000000115. The molecule has 0 unspecified atom stereocenters. The Labute approximate surface area is 839 Å². The van der Waals surface area contributed by atoms with Crippen LogP contribution in [0.1, 0.15) is 191 Å². The second-order valence-corrected chi connectivity index (χ2v) is 45.5. The van der Waals surface area contributed by atoms with Crippen molar-refractivity contribution in [3.63, 3.8) is 0 Å². The molecule has 0 N–H and O–H groups in total. The second kappa shape index (κ2) is 32.5. The van der Waals surface area contributed by atoms with Gasteiger partial charge in [-0.25, -0.2) is 0 Å². The van der Waals surface area contributed by atoms with Crippen molar-refractivity contribution in [2.45, 2.75) is 173 Å². The zero-order valence-electron chi connectivity index (χ0n) is 85.2. The van der Waals surface area contributed by atoms with Gasteiger partial charge in [0.05, 0.1) is 5.69 Å². The summed E-state index contributed by atoms with van der Waals surface area (Å²) in [5.74, 6) is 0. The number of rotatable bonds is 10. The van der Waals surface area contributed by atoms with Crippen LogP contribution in [0.4, 0.5) is 51.2 Å². The molecule has 0 aromatic heterocycles. The molecule has 20 aromatic carbocycles. The van der Waals surface area contributed by atoms with E-state index < -0.39 is 0 Å². The van der Waals surface area contributed by atoms with Crippen LogP contribution in [0.5, 0.6) is 0 Å². The van der Waals surface area contributed by atoms with E-state index in [9.17, 15) is 0 Å². The van der Waals surface area contributed by atoms with Gasteiger partial charge in [0, 0.05) is 67.1 Å². The molecule has 0 saturated heterocycles. The molecule has 0 spiro atoms. The molecule has 0 amide bonds. The van der Waals surface area contributed by atoms with E-state index in [1.807, 2.05) is 0 Å². The van der Waals surface area contributed by atoms with E-state index in [1.54, 1.807) is 0 Å². The molecule has 3 heteroatoms. The van der Waals surface area contributed by atoms with Crippen molar-refractivity contribution in [1.82, 2.24) is 0 Å². The summed E-state index contributed by atoms with van der Waals surface area (Å²) >= 11 is 0. The first-order valence-electron chi connectivity index (χ1n) is 51.1. The Bertz CT molecular complexity index is 8560. The predicted octanol–water partition coefficient (Wildman–Crippen LogP) is 38.4. The minimum absolute atomic E-state index is 0.0149. The van der Waals surface area contributed by atoms with Gasteiger partial charge in [0.25, 0.3) is 0 Å². The lowest BCUT2D eigenvalue weighted by atomic mass is 9.55. The van der Waals surface area contributed by atoms with E-state index >= 15 is 0 Å². The Morgan fingerprint density at radius 2 is 0.430 bits per heavy atom. The number of hydrogen-bond acceptors (Lipinski definition) is 3. The third-order valence-corrected chi connectivity index (χ3v) is 35.8. The lowest BCUT2D eigenvalue weighted by molar-refractivity contribution is 0.299. The topological polar surface area (TPSA) is 9.72 Å². The van der Waals surface area contributed by atoms with Gasteiger partial charge in [0.15, 0.2) is 0 Å². The minimum atomic E-state index is -0.137. The minimum Gasteiger partial charge on any atom is -0.310 e. The fourth-order valence-electron chi connectivity index (χ4n) is 25.9. The maximum Gasteiger partial charge on any atom is 0.0543 e. The van der Waals surface area contributed by atoms with Gasteiger partial charge in [-0.3, -0.25) is 0 Å². The van der Waals surface area contributed by atoms with Crippen LogP contribution in [0.3, 0.4) is 0 Å². The monoisotopic (exact) mass is 1830 g/mol. The highest BCUT2D eigenvalue weighted by atomic mass is 15.2. The molecule has 0 atom stereocenters. The molecule has 142 heavy (non-hydrogen) atoms. The van der Waals surface area contributed by atoms with E-state index in [-0.39, 0.29) is 48.7 Å². The Kier molecular flexibility index (Phi) is 20.4. The van der Waals surface area contributed by atoms with Gasteiger partial charge in [0.2, 0.25) is 0 Å². The van der Waals surface area contributed by atoms with Crippen molar-refractivity contribution in [2.24, 2.45) is 0 Å². The normalized spacial score (nSPS) is 16.2. The summed E-state index contributed by atoms with van der Waals surface area (Å²) in [4.78, 5) is 7.44. The Morgan fingerprint density at radius 3 is 0.880 bits per heavy atom. The Hall–Kier alpha value is -15.2. The van der Waals surface area contributed by atoms with Crippen molar-refractivity contribution < 1.29 is 0 Å².